The number of aryl methyl sites for hydroxylation is 1. The fourth-order valence-electron chi connectivity index (χ4n) is 2.00. The number of halogens is 2. The molecule has 0 amide bonds. The molecule has 0 saturated carbocycles. The summed E-state index contributed by atoms with van der Waals surface area (Å²) in [5.74, 6) is 0.863. The number of ether oxygens (including phenoxy) is 1. The third-order valence-corrected chi connectivity index (χ3v) is 3.68. The monoisotopic (exact) mass is 417 g/mol. The average Bonchev–Trinajstić information content (AvgIpc) is 2.79. The van der Waals surface area contributed by atoms with Gasteiger partial charge in [0.2, 0.25) is 5.90 Å². The number of benzene rings is 1. The van der Waals surface area contributed by atoms with E-state index in [4.69, 9.17) is 4.74 Å². The minimum absolute atomic E-state index is 0. The topological polar surface area (TPSA) is 69.8 Å². The molecule has 1 aromatic carbocycles. The molecule has 0 bridgehead atoms. The summed E-state index contributed by atoms with van der Waals surface area (Å²) in [6.45, 7) is 6.51. The molecule has 9 heteroatoms. The first-order valence-corrected chi connectivity index (χ1v) is 8.36. The summed E-state index contributed by atoms with van der Waals surface area (Å²) in [6.07, 6.45) is 1.08. The molecule has 23 heavy (non-hydrogen) atoms. The molecule has 5 nitrogen and oxygen atoms in total. The third-order valence-electron chi connectivity index (χ3n) is 3.17. The van der Waals surface area contributed by atoms with Gasteiger partial charge in [0.05, 0.1) is 16.1 Å². The minimum atomic E-state index is -3.47. The molecule has 1 heterocycles. The summed E-state index contributed by atoms with van der Waals surface area (Å²) < 4.78 is 32.3. The molecule has 1 aliphatic rings. The van der Waals surface area contributed by atoms with Crippen LogP contribution in [-0.2, 0) is 32.1 Å². The van der Waals surface area contributed by atoms with Crippen molar-refractivity contribution in [3.05, 3.63) is 34.0 Å². The van der Waals surface area contributed by atoms with Gasteiger partial charge in [-0.1, -0.05) is 37.6 Å². The molecule has 1 aliphatic heterocycles. The van der Waals surface area contributed by atoms with Gasteiger partial charge in [0.1, 0.15) is 6.61 Å². The Balaban J connectivity index is 0. The maximum atomic E-state index is 11.4. The van der Waals surface area contributed by atoms with Gasteiger partial charge in [-0.15, -0.1) is 5.69 Å². The van der Waals surface area contributed by atoms with Gasteiger partial charge < -0.3 is 34.3 Å². The fourth-order valence-corrected chi connectivity index (χ4v) is 2.57. The number of hydrogen-bond donors (Lipinski definition) is 0. The van der Waals surface area contributed by atoms with E-state index in [9.17, 15) is 8.42 Å². The van der Waals surface area contributed by atoms with Crippen LogP contribution in [0.2, 0.25) is 0 Å². The molecule has 1 aromatic rings. The molecule has 0 saturated heterocycles. The van der Waals surface area contributed by atoms with Crippen molar-refractivity contribution in [1.82, 2.24) is 0 Å². The molecular weight excluding hydrogens is 399 g/mol. The van der Waals surface area contributed by atoms with Gasteiger partial charge in [-0.2, -0.15) is 0 Å². The second-order valence-electron chi connectivity index (χ2n) is 5.35. The zero-order valence-electron chi connectivity index (χ0n) is 13.3. The predicted octanol–water partition coefficient (Wildman–Crippen LogP) is -3.23. The Morgan fingerprint density at radius 3 is 2.39 bits per heavy atom. The van der Waals surface area contributed by atoms with Crippen molar-refractivity contribution in [1.29, 1.82) is 0 Å². The van der Waals surface area contributed by atoms with Crippen LogP contribution in [0.25, 0.3) is 4.72 Å². The Bertz CT molecular complexity index is 651. The molecule has 129 valence electrons. The largest absolute Gasteiger partial charge is 3.00 e. The van der Waals surface area contributed by atoms with Crippen LogP contribution >= 0.6 is 0 Å². The summed E-state index contributed by atoms with van der Waals surface area (Å²) in [6, 6.07) is 5.57. The first-order chi connectivity index (χ1) is 9.28. The number of rotatable bonds is 4. The minimum Gasteiger partial charge on any atom is -1.00 e. The summed E-state index contributed by atoms with van der Waals surface area (Å²) in [5, 5.41) is 0. The molecule has 1 radical (unpaired) electrons. The van der Waals surface area contributed by atoms with E-state index in [0.29, 0.717) is 29.7 Å². The van der Waals surface area contributed by atoms with E-state index in [1.807, 2.05) is 19.1 Å². The van der Waals surface area contributed by atoms with E-state index in [0.717, 1.165) is 11.8 Å². The molecule has 0 N–H and O–H groups in total. The van der Waals surface area contributed by atoms with Crippen LogP contribution in [0.1, 0.15) is 25.0 Å². The van der Waals surface area contributed by atoms with Crippen molar-refractivity contribution in [3.8, 4) is 0 Å². The van der Waals surface area contributed by atoms with Crippen LogP contribution in [0.4, 0.5) is 5.69 Å². The first kappa shape index (κ1) is 24.8. The molecular formula is C14H19Cl2CrN2O3S. The molecule has 1 atom stereocenters. The van der Waals surface area contributed by atoms with Gasteiger partial charge in [-0.05, 0) is 12.8 Å². The van der Waals surface area contributed by atoms with Crippen LogP contribution in [0.15, 0.2) is 23.2 Å². The van der Waals surface area contributed by atoms with Crippen LogP contribution in [0.5, 0.6) is 0 Å². The summed E-state index contributed by atoms with van der Waals surface area (Å²) >= 11 is 0. The van der Waals surface area contributed by atoms with Gasteiger partial charge in [0, 0.05) is 11.8 Å². The van der Waals surface area contributed by atoms with Crippen molar-refractivity contribution < 1.29 is 55.3 Å². The quantitative estimate of drug-likeness (QED) is 0.517. The van der Waals surface area contributed by atoms with E-state index in [1.54, 1.807) is 6.07 Å². The van der Waals surface area contributed by atoms with Crippen molar-refractivity contribution in [2.45, 2.75) is 26.8 Å². The van der Waals surface area contributed by atoms with Crippen LogP contribution in [0.3, 0.4) is 0 Å². The molecule has 0 aliphatic carbocycles. The maximum Gasteiger partial charge on any atom is 3.00 e. The van der Waals surface area contributed by atoms with Crippen LogP contribution < -0.4 is 24.8 Å². The van der Waals surface area contributed by atoms with E-state index < -0.39 is 10.0 Å². The molecule has 0 aromatic heterocycles. The van der Waals surface area contributed by atoms with Crippen molar-refractivity contribution in [2.24, 2.45) is 10.9 Å². The van der Waals surface area contributed by atoms with Gasteiger partial charge in [-0.3, -0.25) is 0 Å². The number of nitrogens with zero attached hydrogens (tertiary/aromatic N) is 2. The third kappa shape index (κ3) is 6.52. The average molecular weight is 418 g/mol. The second kappa shape index (κ2) is 9.75. The van der Waals surface area contributed by atoms with E-state index >= 15 is 0 Å². The molecule has 0 spiro atoms. The zero-order valence-corrected chi connectivity index (χ0v) is 16.9. The fraction of sp³-hybridized carbons (Fsp3) is 0.500. The van der Waals surface area contributed by atoms with E-state index in [-0.39, 0.29) is 48.2 Å². The summed E-state index contributed by atoms with van der Waals surface area (Å²) in [4.78, 5) is 4.53. The standard InChI is InChI=1S/C14H19N2O3S.2ClH.Cr/c1-9(2)12-8-19-14(15-12)11-7-5-6-10(3)13(11)16-20(4,17)18;;;/h5-7,9,12H,8H2,1-4H3;2*1H;/q-1;;;+3/p-2/t12-;;;/m1.../s1. The van der Waals surface area contributed by atoms with Crippen molar-refractivity contribution in [2.75, 3.05) is 12.9 Å². The molecule has 2 rings (SSSR count). The normalized spacial score (nSPS) is 16.4. The van der Waals surface area contributed by atoms with Gasteiger partial charge in [0.25, 0.3) is 0 Å². The zero-order chi connectivity index (χ0) is 14.9. The SMILES string of the molecule is Cc1cccc(C2=N[C@@H](C(C)C)CO2)c1[N-]S(C)(=O)=O.[Cl-].[Cl-].[Cr+3]. The number of sulfonamides is 1. The van der Waals surface area contributed by atoms with Gasteiger partial charge in [-0.25, -0.2) is 13.4 Å². The summed E-state index contributed by atoms with van der Waals surface area (Å²) in [5.41, 5.74) is 1.84. The Labute approximate surface area is 161 Å². The predicted molar refractivity (Wildman–Crippen MR) is 80.2 cm³/mol. The Morgan fingerprint density at radius 2 is 1.91 bits per heavy atom. The first-order valence-electron chi connectivity index (χ1n) is 6.51. The van der Waals surface area contributed by atoms with Crippen molar-refractivity contribution in [3.63, 3.8) is 0 Å². The Morgan fingerprint density at radius 1 is 1.30 bits per heavy atom. The summed E-state index contributed by atoms with van der Waals surface area (Å²) in [7, 11) is -3.47. The van der Waals surface area contributed by atoms with Gasteiger partial charge >= 0.3 is 17.4 Å². The Hall–Kier alpha value is -0.448. The van der Waals surface area contributed by atoms with Crippen molar-refractivity contribution >= 4 is 21.6 Å². The van der Waals surface area contributed by atoms with E-state index in [1.165, 1.54) is 0 Å². The second-order valence-corrected chi connectivity index (χ2v) is 7.00. The van der Waals surface area contributed by atoms with Gasteiger partial charge in [0.15, 0.2) is 0 Å². The number of hydrogen-bond acceptors (Lipinski definition) is 4. The molecule has 0 unspecified atom stereocenters. The smallest absolute Gasteiger partial charge is 1.00 e. The van der Waals surface area contributed by atoms with E-state index in [2.05, 4.69) is 23.6 Å². The maximum absolute atomic E-state index is 11.4. The van der Waals surface area contributed by atoms with Crippen LogP contribution in [-0.4, -0.2) is 33.2 Å². The Kier molecular flexibility index (Phi) is 10.5. The van der Waals surface area contributed by atoms with Crippen LogP contribution in [0, 0.1) is 12.8 Å². The molecule has 0 fully saturated rings. The number of aliphatic imine (C=N–C) groups is 1.